The minimum absolute atomic E-state index is 0.0331. The lowest BCUT2D eigenvalue weighted by Gasteiger charge is -2.15. The molecule has 0 amide bonds. The van der Waals surface area contributed by atoms with Crippen LogP contribution in [0.3, 0.4) is 0 Å². The van der Waals surface area contributed by atoms with Gasteiger partial charge in [-0.15, -0.1) is 0 Å². The Morgan fingerprint density at radius 1 is 1.44 bits per heavy atom. The lowest BCUT2D eigenvalue weighted by atomic mass is 10.1. The maximum atomic E-state index is 11.5. The Labute approximate surface area is 108 Å². The van der Waals surface area contributed by atoms with E-state index in [2.05, 4.69) is 6.92 Å². The van der Waals surface area contributed by atoms with Gasteiger partial charge in [-0.25, -0.2) is 0 Å². The zero-order valence-electron chi connectivity index (χ0n) is 11.2. The van der Waals surface area contributed by atoms with Gasteiger partial charge >= 0.3 is 0 Å². The van der Waals surface area contributed by atoms with E-state index in [9.17, 15) is 4.79 Å². The van der Waals surface area contributed by atoms with Gasteiger partial charge in [-0.1, -0.05) is 6.07 Å². The van der Waals surface area contributed by atoms with Crippen LogP contribution in [-0.2, 0) is 4.74 Å². The lowest BCUT2D eigenvalue weighted by molar-refractivity contribution is 0.0262. The third kappa shape index (κ3) is 3.10. The van der Waals surface area contributed by atoms with Gasteiger partial charge in [0.2, 0.25) is 0 Å². The zero-order chi connectivity index (χ0) is 13.1. The fraction of sp³-hybridized carbons (Fsp3) is 0.533. The highest BCUT2D eigenvalue weighted by molar-refractivity contribution is 5.96. The molecule has 98 valence electrons. The van der Waals surface area contributed by atoms with E-state index in [4.69, 9.17) is 9.47 Å². The fourth-order valence-corrected chi connectivity index (χ4v) is 2.23. The Bertz CT molecular complexity index is 439. The Morgan fingerprint density at radius 3 is 2.83 bits per heavy atom. The van der Waals surface area contributed by atoms with Crippen molar-refractivity contribution in [3.05, 3.63) is 29.3 Å². The fourth-order valence-electron chi connectivity index (χ4n) is 2.23. The molecular formula is C15H20O3. The minimum Gasteiger partial charge on any atom is -0.490 e. The molecule has 1 heterocycles. The molecule has 0 radical (unpaired) electrons. The third-order valence-corrected chi connectivity index (χ3v) is 3.26. The van der Waals surface area contributed by atoms with Crippen molar-refractivity contribution in [2.45, 2.75) is 45.8 Å². The summed E-state index contributed by atoms with van der Waals surface area (Å²) in [6, 6.07) is 5.66. The molecule has 0 aromatic heterocycles. The van der Waals surface area contributed by atoms with E-state index in [0.717, 1.165) is 18.4 Å². The van der Waals surface area contributed by atoms with Gasteiger partial charge in [-0.05, 0) is 51.3 Å². The van der Waals surface area contributed by atoms with Crippen LogP contribution < -0.4 is 4.74 Å². The van der Waals surface area contributed by atoms with Crippen LogP contribution in [0.15, 0.2) is 18.2 Å². The molecule has 1 fully saturated rings. The highest BCUT2D eigenvalue weighted by Gasteiger charge is 2.22. The normalized spacial score (nSPS) is 23.1. The summed E-state index contributed by atoms with van der Waals surface area (Å²) in [6.07, 6.45) is 2.59. The largest absolute Gasteiger partial charge is 0.490 e. The summed E-state index contributed by atoms with van der Waals surface area (Å²) in [6.45, 7) is 6.15. The van der Waals surface area contributed by atoms with Crippen LogP contribution in [0.1, 0.15) is 42.6 Å². The summed E-state index contributed by atoms with van der Waals surface area (Å²) < 4.78 is 11.5. The van der Waals surface area contributed by atoms with E-state index in [-0.39, 0.29) is 11.9 Å². The second kappa shape index (κ2) is 5.53. The van der Waals surface area contributed by atoms with Crippen molar-refractivity contribution in [3.8, 4) is 5.75 Å². The number of aryl methyl sites for hydroxylation is 1. The zero-order valence-corrected chi connectivity index (χ0v) is 11.2. The van der Waals surface area contributed by atoms with Crippen LogP contribution in [0.5, 0.6) is 5.75 Å². The molecule has 1 aromatic rings. The maximum Gasteiger partial charge on any atom is 0.163 e. The van der Waals surface area contributed by atoms with E-state index in [0.29, 0.717) is 24.0 Å². The van der Waals surface area contributed by atoms with E-state index in [1.54, 1.807) is 6.92 Å². The van der Waals surface area contributed by atoms with E-state index < -0.39 is 0 Å². The van der Waals surface area contributed by atoms with Crippen LogP contribution in [0.2, 0.25) is 0 Å². The standard InChI is InChI=1S/C15H20O3/c1-10-4-7-14(12(3)16)15(8-10)17-9-13-6-5-11(2)18-13/h4,7-8,11,13H,5-6,9H2,1-3H3. The lowest BCUT2D eigenvalue weighted by Crippen LogP contribution is -2.18. The highest BCUT2D eigenvalue weighted by Crippen LogP contribution is 2.24. The first-order chi connectivity index (χ1) is 8.56. The van der Waals surface area contributed by atoms with Gasteiger partial charge in [-0.3, -0.25) is 4.79 Å². The SMILES string of the molecule is CC(=O)c1ccc(C)cc1OCC1CCC(C)O1. The first-order valence-corrected chi connectivity index (χ1v) is 6.46. The van der Waals surface area contributed by atoms with Crippen molar-refractivity contribution < 1.29 is 14.3 Å². The first-order valence-electron chi connectivity index (χ1n) is 6.46. The van der Waals surface area contributed by atoms with Gasteiger partial charge < -0.3 is 9.47 Å². The molecule has 3 heteroatoms. The highest BCUT2D eigenvalue weighted by atomic mass is 16.5. The van der Waals surface area contributed by atoms with Crippen molar-refractivity contribution in [3.63, 3.8) is 0 Å². The summed E-state index contributed by atoms with van der Waals surface area (Å²) in [5.74, 6) is 0.705. The van der Waals surface area contributed by atoms with Crippen molar-refractivity contribution in [2.75, 3.05) is 6.61 Å². The van der Waals surface area contributed by atoms with Crippen LogP contribution in [-0.4, -0.2) is 24.6 Å². The second-order valence-electron chi connectivity index (χ2n) is 5.01. The number of ether oxygens (including phenoxy) is 2. The Kier molecular flexibility index (Phi) is 4.02. The van der Waals surface area contributed by atoms with Gasteiger partial charge in [-0.2, -0.15) is 0 Å². The molecule has 0 bridgehead atoms. The summed E-state index contributed by atoms with van der Waals surface area (Å²) in [5.41, 5.74) is 1.74. The minimum atomic E-state index is 0.0331. The van der Waals surface area contributed by atoms with E-state index in [1.807, 2.05) is 25.1 Å². The molecule has 2 unspecified atom stereocenters. The van der Waals surface area contributed by atoms with Crippen LogP contribution in [0.4, 0.5) is 0 Å². The molecule has 18 heavy (non-hydrogen) atoms. The summed E-state index contributed by atoms with van der Waals surface area (Å²) in [7, 11) is 0. The molecular weight excluding hydrogens is 228 g/mol. The summed E-state index contributed by atoms with van der Waals surface area (Å²) in [4.78, 5) is 11.5. The molecule has 2 rings (SSSR count). The van der Waals surface area contributed by atoms with E-state index in [1.165, 1.54) is 0 Å². The van der Waals surface area contributed by atoms with Crippen molar-refractivity contribution >= 4 is 5.78 Å². The first kappa shape index (κ1) is 13.1. The van der Waals surface area contributed by atoms with Crippen molar-refractivity contribution in [1.29, 1.82) is 0 Å². The molecule has 1 aromatic carbocycles. The molecule has 3 nitrogen and oxygen atoms in total. The van der Waals surface area contributed by atoms with Gasteiger partial charge in [0.1, 0.15) is 12.4 Å². The average molecular weight is 248 g/mol. The maximum absolute atomic E-state index is 11.5. The number of carbonyl (C=O) groups is 1. The van der Waals surface area contributed by atoms with E-state index >= 15 is 0 Å². The molecule has 0 saturated carbocycles. The summed E-state index contributed by atoms with van der Waals surface area (Å²) >= 11 is 0. The monoisotopic (exact) mass is 248 g/mol. The molecule has 0 spiro atoms. The van der Waals surface area contributed by atoms with Crippen LogP contribution in [0, 0.1) is 6.92 Å². The molecule has 1 aliphatic heterocycles. The predicted octanol–water partition coefficient (Wildman–Crippen LogP) is 3.14. The van der Waals surface area contributed by atoms with Crippen molar-refractivity contribution in [2.24, 2.45) is 0 Å². The number of Topliss-reactive ketones (excluding diaryl/α,β-unsaturated/α-hetero) is 1. The van der Waals surface area contributed by atoms with Crippen LogP contribution >= 0.6 is 0 Å². The number of rotatable bonds is 4. The smallest absolute Gasteiger partial charge is 0.163 e. The molecule has 2 atom stereocenters. The Hall–Kier alpha value is -1.35. The average Bonchev–Trinajstić information content (AvgIpc) is 2.72. The number of hydrogen-bond donors (Lipinski definition) is 0. The molecule has 1 aliphatic rings. The number of carbonyl (C=O) groups excluding carboxylic acids is 1. The van der Waals surface area contributed by atoms with Crippen molar-refractivity contribution in [1.82, 2.24) is 0 Å². The van der Waals surface area contributed by atoms with Gasteiger partial charge in [0.25, 0.3) is 0 Å². The van der Waals surface area contributed by atoms with Gasteiger partial charge in [0, 0.05) is 0 Å². The number of ketones is 1. The van der Waals surface area contributed by atoms with Crippen LogP contribution in [0.25, 0.3) is 0 Å². The molecule has 1 saturated heterocycles. The quantitative estimate of drug-likeness (QED) is 0.768. The summed E-state index contributed by atoms with van der Waals surface area (Å²) in [5, 5.41) is 0. The molecule has 0 N–H and O–H groups in total. The molecule has 0 aliphatic carbocycles. The third-order valence-electron chi connectivity index (χ3n) is 3.26. The number of benzene rings is 1. The predicted molar refractivity (Wildman–Crippen MR) is 70.2 cm³/mol. The second-order valence-corrected chi connectivity index (χ2v) is 5.01. The number of hydrogen-bond acceptors (Lipinski definition) is 3. The Morgan fingerprint density at radius 2 is 2.22 bits per heavy atom. The van der Waals surface area contributed by atoms with Gasteiger partial charge in [0.05, 0.1) is 17.8 Å². The Balaban J connectivity index is 2.04. The van der Waals surface area contributed by atoms with Gasteiger partial charge in [0.15, 0.2) is 5.78 Å². The topological polar surface area (TPSA) is 35.5 Å².